The van der Waals surface area contributed by atoms with Crippen LogP contribution in [0, 0.1) is 0 Å². The van der Waals surface area contributed by atoms with E-state index in [0.717, 1.165) is 0 Å². The smallest absolute Gasteiger partial charge is 1.00 e. The average molecular weight is 257 g/mol. The number of hydrogen-bond donors (Lipinski definition) is 0. The number of aliphatic carboxylic acids is 2. The number of carboxylic acids is 2. The van der Waals surface area contributed by atoms with Gasteiger partial charge in [0.2, 0.25) is 0 Å². The summed E-state index contributed by atoms with van der Waals surface area (Å²) in [6.07, 6.45) is 0. The first-order chi connectivity index (χ1) is 2.64. The van der Waals surface area contributed by atoms with Crippen molar-refractivity contribution < 1.29 is 91.3 Å². The van der Waals surface area contributed by atoms with Crippen molar-refractivity contribution in [2.24, 2.45) is 0 Å². The molecule has 0 spiro atoms. The van der Waals surface area contributed by atoms with E-state index in [0.29, 0.717) is 0 Å². The Bertz CT molecular complexity index is 87.3. The number of carbonyl (C=O) groups excluding carboxylic acids is 2. The van der Waals surface area contributed by atoms with Gasteiger partial charge in [0, 0.05) is 0 Å². The quantitative estimate of drug-likeness (QED) is 0.319. The van der Waals surface area contributed by atoms with Crippen molar-refractivity contribution in [3.63, 3.8) is 0 Å². The fraction of sp³-hybridized carbons (Fsp3) is 0. The molecule has 0 heterocycles. The predicted molar refractivity (Wildman–Crippen MR) is 15.8 cm³/mol. The zero-order valence-electron chi connectivity index (χ0n) is 5.72. The maximum absolute atomic E-state index is 8.93. The van der Waals surface area contributed by atoms with Gasteiger partial charge in [-0.2, -0.15) is 0 Å². The number of rotatable bonds is 0. The van der Waals surface area contributed by atoms with Gasteiger partial charge in [0.05, 0.1) is 11.9 Å². The van der Waals surface area contributed by atoms with E-state index in [1.165, 1.54) is 0 Å². The Hall–Kier alpha value is 2.71. The summed E-state index contributed by atoms with van der Waals surface area (Å²) in [4.78, 5) is 17.9. The number of carboxylic acid groups (broad SMARTS) is 2. The van der Waals surface area contributed by atoms with Crippen LogP contribution in [0.4, 0.5) is 0 Å². The average Bonchev–Trinajstić information content (AvgIpc) is 1.36. The standard InChI is InChI=1S/C2H2O4.ClH.2Na.Sr/c3-1(4)2(5)6;;;;/h(H,3,4)(H,5,6);1H;;;/q;;2*+1;+2/p-3. The fourth-order valence-corrected chi connectivity index (χ4v) is 0. The van der Waals surface area contributed by atoms with E-state index in [9.17, 15) is 0 Å². The van der Waals surface area contributed by atoms with Crippen molar-refractivity contribution in [2.75, 3.05) is 0 Å². The Morgan fingerprint density at radius 3 is 1.00 bits per heavy atom. The third kappa shape index (κ3) is 22.4. The Labute approximate surface area is 145 Å². The molecule has 0 atom stereocenters. The molecule has 10 heavy (non-hydrogen) atoms. The molecule has 0 rings (SSSR count). The van der Waals surface area contributed by atoms with E-state index in [-0.39, 0.29) is 117 Å². The Kier molecular flexibility index (Phi) is 51.9. The molecule has 0 radical (unpaired) electrons. The van der Waals surface area contributed by atoms with Gasteiger partial charge < -0.3 is 32.2 Å². The minimum Gasteiger partial charge on any atom is -1.00 e. The molecule has 0 bridgehead atoms. The van der Waals surface area contributed by atoms with E-state index in [1.807, 2.05) is 0 Å². The van der Waals surface area contributed by atoms with Crippen LogP contribution in [0.3, 0.4) is 0 Å². The first kappa shape index (κ1) is 29.3. The normalized spacial score (nSPS) is 4.40. The zero-order valence-corrected chi connectivity index (χ0v) is 14.0. The van der Waals surface area contributed by atoms with Gasteiger partial charge in [-0.25, -0.2) is 0 Å². The summed E-state index contributed by atoms with van der Waals surface area (Å²) >= 11 is 0. The van der Waals surface area contributed by atoms with Crippen LogP contribution < -0.4 is 81.7 Å². The number of carbonyl (C=O) groups is 2. The van der Waals surface area contributed by atoms with Crippen LogP contribution in [0.25, 0.3) is 0 Å². The number of hydrogen-bond acceptors (Lipinski definition) is 4. The third-order valence-electron chi connectivity index (χ3n) is 0.167. The first-order valence-electron chi connectivity index (χ1n) is 1.07. The van der Waals surface area contributed by atoms with Crippen LogP contribution in [0.2, 0.25) is 0 Å². The van der Waals surface area contributed by atoms with Crippen molar-refractivity contribution in [2.45, 2.75) is 0 Å². The van der Waals surface area contributed by atoms with E-state index in [4.69, 9.17) is 19.8 Å². The van der Waals surface area contributed by atoms with E-state index in [2.05, 4.69) is 0 Å². The maximum Gasteiger partial charge on any atom is 2.00 e. The van der Waals surface area contributed by atoms with Gasteiger partial charge in [-0.05, 0) is 0 Å². The molecule has 0 saturated carbocycles. The van der Waals surface area contributed by atoms with Crippen molar-refractivity contribution in [1.29, 1.82) is 0 Å². The summed E-state index contributed by atoms with van der Waals surface area (Å²) in [5, 5.41) is 17.9. The van der Waals surface area contributed by atoms with Gasteiger partial charge in [-0.3, -0.25) is 0 Å². The minimum atomic E-state index is -2.19. The molecule has 0 N–H and O–H groups in total. The van der Waals surface area contributed by atoms with Gasteiger partial charge in [-0.15, -0.1) is 0 Å². The summed E-state index contributed by atoms with van der Waals surface area (Å²) in [6, 6.07) is 0. The third-order valence-corrected chi connectivity index (χ3v) is 0.167. The molecule has 0 amide bonds. The molecule has 0 aromatic carbocycles. The van der Waals surface area contributed by atoms with Crippen LogP contribution >= 0.6 is 0 Å². The number of halogens is 1. The van der Waals surface area contributed by atoms with Crippen molar-refractivity contribution in [1.82, 2.24) is 0 Å². The van der Waals surface area contributed by atoms with Crippen molar-refractivity contribution in [3.8, 4) is 0 Å². The summed E-state index contributed by atoms with van der Waals surface area (Å²) in [5.74, 6) is -4.37. The van der Waals surface area contributed by atoms with Crippen LogP contribution in [0.5, 0.6) is 0 Å². The van der Waals surface area contributed by atoms with Crippen molar-refractivity contribution >= 4 is 57.4 Å². The van der Waals surface area contributed by atoms with Gasteiger partial charge in [-0.1, -0.05) is 0 Å². The molecule has 0 aliphatic rings. The van der Waals surface area contributed by atoms with Crippen LogP contribution in [-0.2, 0) is 9.59 Å². The molecule has 0 aromatic heterocycles. The molecule has 0 saturated heterocycles. The second-order valence-corrected chi connectivity index (χ2v) is 0.575. The van der Waals surface area contributed by atoms with Gasteiger partial charge >= 0.3 is 105 Å². The van der Waals surface area contributed by atoms with E-state index in [1.54, 1.807) is 0 Å². The molecule has 8 heteroatoms. The monoisotopic (exact) mass is 257 g/mol. The maximum atomic E-state index is 8.93. The summed E-state index contributed by atoms with van der Waals surface area (Å²) < 4.78 is 0. The molecular weight excluding hydrogens is 257 g/mol. The molecule has 0 aliphatic carbocycles. The van der Waals surface area contributed by atoms with Gasteiger partial charge in [0.15, 0.2) is 0 Å². The summed E-state index contributed by atoms with van der Waals surface area (Å²) in [5.41, 5.74) is 0. The first-order valence-corrected chi connectivity index (χ1v) is 1.07. The van der Waals surface area contributed by atoms with Crippen molar-refractivity contribution in [3.05, 3.63) is 0 Å². The van der Waals surface area contributed by atoms with Crippen LogP contribution in [0.15, 0.2) is 0 Å². The second-order valence-electron chi connectivity index (χ2n) is 0.575. The minimum absolute atomic E-state index is 0. The molecular formula is C2ClNa2O4Sr+. The van der Waals surface area contributed by atoms with Crippen LogP contribution in [-0.4, -0.2) is 57.4 Å². The molecule has 0 aliphatic heterocycles. The van der Waals surface area contributed by atoms with E-state index >= 15 is 0 Å². The second kappa shape index (κ2) is 17.7. The molecule has 0 unspecified atom stereocenters. The molecule has 4 nitrogen and oxygen atoms in total. The molecule has 0 aromatic rings. The Morgan fingerprint density at radius 2 is 1.00 bits per heavy atom. The fourth-order valence-electron chi connectivity index (χ4n) is 0. The van der Waals surface area contributed by atoms with Gasteiger partial charge in [0.25, 0.3) is 0 Å². The summed E-state index contributed by atoms with van der Waals surface area (Å²) in [6.45, 7) is 0. The van der Waals surface area contributed by atoms with E-state index < -0.39 is 11.9 Å². The predicted octanol–water partition coefficient (Wildman–Crippen LogP) is -12.9. The summed E-state index contributed by atoms with van der Waals surface area (Å²) in [7, 11) is 0. The Balaban J connectivity index is -0.0000000208. The van der Waals surface area contributed by atoms with Crippen LogP contribution in [0.1, 0.15) is 0 Å². The zero-order chi connectivity index (χ0) is 5.15. The Morgan fingerprint density at radius 1 is 0.900 bits per heavy atom. The largest absolute Gasteiger partial charge is 2.00 e. The van der Waals surface area contributed by atoms with Gasteiger partial charge in [0.1, 0.15) is 0 Å². The molecule has 42 valence electrons. The SMILES string of the molecule is O=C([O-])C(=O)[O-].[Cl-].[Na+].[Na+].[Sr+2]. The molecule has 0 fully saturated rings. The topological polar surface area (TPSA) is 80.3 Å².